The lowest BCUT2D eigenvalue weighted by Gasteiger charge is -2.36. The predicted octanol–water partition coefficient (Wildman–Crippen LogP) is 1.03. The topological polar surface area (TPSA) is 38.8 Å². The summed E-state index contributed by atoms with van der Waals surface area (Å²) in [6, 6.07) is 0. The summed E-state index contributed by atoms with van der Waals surface area (Å²) in [5.41, 5.74) is -0.506. The van der Waals surface area contributed by atoms with Gasteiger partial charge in [-0.15, -0.1) is 0 Å². The molecule has 0 aromatic rings. The Bertz CT molecular complexity index is 225. The van der Waals surface area contributed by atoms with Gasteiger partial charge >= 0.3 is 5.97 Å². The van der Waals surface area contributed by atoms with Gasteiger partial charge < -0.3 is 9.47 Å². The molecule has 0 amide bonds. The molecular formula is C10H19NO3. The fourth-order valence-electron chi connectivity index (χ4n) is 1.08. The molecule has 1 atom stereocenters. The maximum Gasteiger partial charge on any atom is 0.337 e. The lowest BCUT2D eigenvalue weighted by Crippen LogP contribution is -2.47. The Labute approximate surface area is 85.5 Å². The second-order valence-corrected chi connectivity index (χ2v) is 3.28. The Morgan fingerprint density at radius 3 is 2.29 bits per heavy atom. The molecule has 0 aromatic carbocycles. The van der Waals surface area contributed by atoms with E-state index < -0.39 is 11.7 Å². The highest BCUT2D eigenvalue weighted by Gasteiger charge is 2.35. The fourth-order valence-corrected chi connectivity index (χ4v) is 1.08. The second kappa shape index (κ2) is 5.12. The lowest BCUT2D eigenvalue weighted by molar-refractivity contribution is -0.146. The quantitative estimate of drug-likeness (QED) is 0.378. The average molecular weight is 201 g/mol. The molecule has 0 radical (unpaired) electrons. The van der Waals surface area contributed by atoms with Crippen LogP contribution in [0.4, 0.5) is 0 Å². The van der Waals surface area contributed by atoms with Crippen LogP contribution in [-0.2, 0) is 14.3 Å². The van der Waals surface area contributed by atoms with Gasteiger partial charge in [0, 0.05) is 6.61 Å². The number of carbonyl (C=O) groups excluding carboxylic acids is 1. The third kappa shape index (κ3) is 2.56. The van der Waals surface area contributed by atoms with Crippen molar-refractivity contribution in [2.45, 2.75) is 19.6 Å². The van der Waals surface area contributed by atoms with Crippen molar-refractivity contribution in [1.82, 2.24) is 4.90 Å². The molecule has 0 N–H and O–H groups in total. The van der Waals surface area contributed by atoms with Crippen molar-refractivity contribution in [3.8, 4) is 0 Å². The molecule has 0 heterocycles. The molecule has 0 rings (SSSR count). The number of methoxy groups -OCH3 is 1. The van der Waals surface area contributed by atoms with E-state index in [1.807, 2.05) is 21.0 Å². The largest absolute Gasteiger partial charge is 0.466 e. The van der Waals surface area contributed by atoms with Crippen molar-refractivity contribution in [3.63, 3.8) is 0 Å². The number of hydrogen-bond donors (Lipinski definition) is 0. The van der Waals surface area contributed by atoms with Gasteiger partial charge in [0.2, 0.25) is 0 Å². The number of esters is 1. The van der Waals surface area contributed by atoms with Gasteiger partial charge in [-0.25, -0.2) is 4.79 Å². The molecule has 0 fully saturated rings. The highest BCUT2D eigenvalue weighted by molar-refractivity contribution is 5.89. The standard InChI is InChI=1S/C10H19NO3/c1-7-14-10(3,11(4)5)8(2)9(12)13-6/h2,7H2,1,3-6H3. The molecule has 4 nitrogen and oxygen atoms in total. The Balaban J connectivity index is 4.82. The Morgan fingerprint density at radius 1 is 1.50 bits per heavy atom. The van der Waals surface area contributed by atoms with Crippen LogP contribution in [0.2, 0.25) is 0 Å². The van der Waals surface area contributed by atoms with Crippen LogP contribution in [0.5, 0.6) is 0 Å². The Morgan fingerprint density at radius 2 is 2.00 bits per heavy atom. The molecule has 0 spiro atoms. The van der Waals surface area contributed by atoms with Crippen LogP contribution >= 0.6 is 0 Å². The molecule has 0 aliphatic rings. The van der Waals surface area contributed by atoms with E-state index >= 15 is 0 Å². The molecule has 0 bridgehead atoms. The summed E-state index contributed by atoms with van der Waals surface area (Å²) in [5, 5.41) is 0. The molecule has 0 aromatic heterocycles. The first-order valence-electron chi connectivity index (χ1n) is 4.49. The first-order chi connectivity index (χ1) is 6.40. The fraction of sp³-hybridized carbons (Fsp3) is 0.700. The zero-order chi connectivity index (χ0) is 11.4. The highest BCUT2D eigenvalue weighted by Crippen LogP contribution is 2.23. The second-order valence-electron chi connectivity index (χ2n) is 3.28. The summed E-state index contributed by atoms with van der Waals surface area (Å²) >= 11 is 0. The molecule has 4 heteroatoms. The van der Waals surface area contributed by atoms with Gasteiger partial charge in [-0.1, -0.05) is 6.58 Å². The molecule has 14 heavy (non-hydrogen) atoms. The van der Waals surface area contributed by atoms with E-state index in [0.717, 1.165) is 0 Å². The van der Waals surface area contributed by atoms with E-state index in [1.165, 1.54) is 7.11 Å². The van der Waals surface area contributed by atoms with Crippen LogP contribution < -0.4 is 0 Å². The SMILES string of the molecule is C=C(C(=O)OC)C(C)(OCC)N(C)C. The molecule has 1 unspecified atom stereocenters. The zero-order valence-corrected chi connectivity index (χ0v) is 9.59. The van der Waals surface area contributed by atoms with Crippen LogP contribution in [0, 0.1) is 0 Å². The van der Waals surface area contributed by atoms with E-state index in [-0.39, 0.29) is 0 Å². The van der Waals surface area contributed by atoms with E-state index in [0.29, 0.717) is 12.2 Å². The highest BCUT2D eigenvalue weighted by atomic mass is 16.5. The summed E-state index contributed by atoms with van der Waals surface area (Å²) in [6.07, 6.45) is 0. The predicted molar refractivity (Wildman–Crippen MR) is 54.9 cm³/mol. The maximum atomic E-state index is 11.3. The number of nitrogens with zero attached hydrogens (tertiary/aromatic N) is 1. The maximum absolute atomic E-state index is 11.3. The van der Waals surface area contributed by atoms with Gasteiger partial charge in [0.05, 0.1) is 12.7 Å². The average Bonchev–Trinajstić information content (AvgIpc) is 2.15. The smallest absolute Gasteiger partial charge is 0.337 e. The van der Waals surface area contributed by atoms with Crippen LogP contribution in [0.15, 0.2) is 12.2 Å². The molecule has 0 aliphatic carbocycles. The van der Waals surface area contributed by atoms with E-state index in [1.54, 1.807) is 11.8 Å². The normalized spacial score (nSPS) is 15.0. The molecule has 0 aliphatic heterocycles. The number of carbonyl (C=O) groups is 1. The van der Waals surface area contributed by atoms with Crippen LogP contribution in [-0.4, -0.2) is 44.4 Å². The van der Waals surface area contributed by atoms with Crippen LogP contribution in [0.1, 0.15) is 13.8 Å². The first kappa shape index (κ1) is 13.1. The number of ether oxygens (including phenoxy) is 2. The minimum atomic E-state index is -0.804. The van der Waals surface area contributed by atoms with Crippen molar-refractivity contribution in [2.75, 3.05) is 27.8 Å². The summed E-state index contributed by atoms with van der Waals surface area (Å²) in [7, 11) is 4.98. The molecule has 0 saturated heterocycles. The summed E-state index contributed by atoms with van der Waals surface area (Å²) in [4.78, 5) is 13.1. The minimum Gasteiger partial charge on any atom is -0.466 e. The lowest BCUT2D eigenvalue weighted by atomic mass is 10.1. The summed E-state index contributed by atoms with van der Waals surface area (Å²) < 4.78 is 10.1. The van der Waals surface area contributed by atoms with Crippen LogP contribution in [0.3, 0.4) is 0 Å². The Kier molecular flexibility index (Phi) is 4.80. The van der Waals surface area contributed by atoms with E-state index in [2.05, 4.69) is 11.3 Å². The molecule has 82 valence electrons. The minimum absolute atomic E-state index is 0.298. The van der Waals surface area contributed by atoms with E-state index in [9.17, 15) is 4.79 Å². The number of rotatable bonds is 5. The van der Waals surface area contributed by atoms with Gasteiger partial charge in [0.1, 0.15) is 0 Å². The van der Waals surface area contributed by atoms with E-state index in [4.69, 9.17) is 4.74 Å². The van der Waals surface area contributed by atoms with Crippen molar-refractivity contribution in [2.24, 2.45) is 0 Å². The van der Waals surface area contributed by atoms with Crippen molar-refractivity contribution in [3.05, 3.63) is 12.2 Å². The molecule has 0 saturated carbocycles. The van der Waals surface area contributed by atoms with Crippen molar-refractivity contribution in [1.29, 1.82) is 0 Å². The monoisotopic (exact) mass is 201 g/mol. The van der Waals surface area contributed by atoms with Crippen molar-refractivity contribution >= 4 is 5.97 Å². The van der Waals surface area contributed by atoms with Gasteiger partial charge in [-0.2, -0.15) is 0 Å². The number of hydrogen-bond acceptors (Lipinski definition) is 4. The van der Waals surface area contributed by atoms with Gasteiger partial charge in [0.15, 0.2) is 5.72 Å². The van der Waals surface area contributed by atoms with Crippen LogP contribution in [0.25, 0.3) is 0 Å². The third-order valence-electron chi connectivity index (χ3n) is 2.27. The van der Waals surface area contributed by atoms with Gasteiger partial charge in [-0.3, -0.25) is 4.90 Å². The number of likely N-dealkylation sites (N-methyl/N-ethyl adjacent to an activating group) is 1. The molecular weight excluding hydrogens is 182 g/mol. The summed E-state index contributed by atoms with van der Waals surface area (Å²) in [5.74, 6) is -0.449. The third-order valence-corrected chi connectivity index (χ3v) is 2.27. The first-order valence-corrected chi connectivity index (χ1v) is 4.49. The van der Waals surface area contributed by atoms with Gasteiger partial charge in [-0.05, 0) is 27.9 Å². The van der Waals surface area contributed by atoms with Crippen molar-refractivity contribution < 1.29 is 14.3 Å². The summed E-state index contributed by atoms with van der Waals surface area (Å²) in [6.45, 7) is 7.86. The Hall–Kier alpha value is -0.870. The zero-order valence-electron chi connectivity index (χ0n) is 9.59. The van der Waals surface area contributed by atoms with Gasteiger partial charge in [0.25, 0.3) is 0 Å².